The number of sulfonamides is 1. The zero-order valence-corrected chi connectivity index (χ0v) is 16.9. The first-order valence-corrected chi connectivity index (χ1v) is 10.7. The summed E-state index contributed by atoms with van der Waals surface area (Å²) < 4.78 is 29.0. The topological polar surface area (TPSA) is 84.2 Å². The van der Waals surface area contributed by atoms with Gasteiger partial charge in [-0.3, -0.25) is 0 Å². The lowest BCUT2D eigenvalue weighted by molar-refractivity contribution is 0.381. The van der Waals surface area contributed by atoms with Gasteiger partial charge in [-0.2, -0.15) is 8.99 Å². The van der Waals surface area contributed by atoms with Gasteiger partial charge in [0.15, 0.2) is 0 Å². The molecule has 1 fully saturated rings. The lowest BCUT2D eigenvalue weighted by Crippen LogP contribution is -2.49. The van der Waals surface area contributed by atoms with Crippen molar-refractivity contribution in [1.29, 1.82) is 0 Å². The average molecular weight is 439 g/mol. The van der Waals surface area contributed by atoms with E-state index >= 15 is 0 Å². The lowest BCUT2D eigenvalue weighted by Gasteiger charge is -2.34. The minimum atomic E-state index is -3.74. The number of benzene rings is 2. The fourth-order valence-electron chi connectivity index (χ4n) is 3.07. The third-order valence-corrected chi connectivity index (χ3v) is 7.38. The van der Waals surface area contributed by atoms with Crippen LogP contribution in [-0.2, 0) is 10.0 Å². The van der Waals surface area contributed by atoms with Gasteiger partial charge in [0.1, 0.15) is 4.90 Å². The molecule has 0 spiro atoms. The highest BCUT2D eigenvalue weighted by molar-refractivity contribution is 7.89. The summed E-state index contributed by atoms with van der Waals surface area (Å²) in [5, 5.41) is 12.2. The van der Waals surface area contributed by atoms with Crippen molar-refractivity contribution < 1.29 is 8.42 Å². The van der Waals surface area contributed by atoms with E-state index < -0.39 is 10.0 Å². The first kappa shape index (κ1) is 19.1. The van der Waals surface area contributed by atoms with Crippen LogP contribution in [0.2, 0.25) is 10.0 Å². The summed E-state index contributed by atoms with van der Waals surface area (Å²) in [5.74, 6) is 0.573. The van der Waals surface area contributed by atoms with E-state index in [1.807, 2.05) is 35.2 Å². The zero-order valence-electron chi connectivity index (χ0n) is 14.6. The van der Waals surface area contributed by atoms with Crippen LogP contribution in [0, 0.1) is 0 Å². The Morgan fingerprint density at radius 1 is 0.893 bits per heavy atom. The third-order valence-electron chi connectivity index (χ3n) is 4.51. The van der Waals surface area contributed by atoms with Crippen LogP contribution in [0.3, 0.4) is 0 Å². The zero-order chi connectivity index (χ0) is 19.7. The van der Waals surface area contributed by atoms with E-state index in [1.165, 1.54) is 10.4 Å². The fourth-order valence-corrected chi connectivity index (χ4v) is 5.22. The van der Waals surface area contributed by atoms with Crippen LogP contribution < -0.4 is 4.90 Å². The molecule has 1 saturated heterocycles. The van der Waals surface area contributed by atoms with Crippen LogP contribution in [0.1, 0.15) is 0 Å². The molecule has 1 aliphatic heterocycles. The van der Waals surface area contributed by atoms with Crippen LogP contribution in [0.25, 0.3) is 5.69 Å². The predicted octanol–water partition coefficient (Wildman–Crippen LogP) is 2.48. The molecule has 1 aliphatic rings. The first-order valence-electron chi connectivity index (χ1n) is 8.51. The van der Waals surface area contributed by atoms with Crippen molar-refractivity contribution in [2.75, 3.05) is 31.1 Å². The molecule has 0 aliphatic carbocycles. The lowest BCUT2D eigenvalue weighted by atomic mass is 10.3. The van der Waals surface area contributed by atoms with Crippen molar-refractivity contribution in [2.45, 2.75) is 4.90 Å². The molecule has 2 heterocycles. The number of halogens is 2. The molecule has 11 heteroatoms. The Balaban J connectivity index is 1.53. The number of nitrogens with zero attached hydrogens (tertiary/aromatic N) is 6. The van der Waals surface area contributed by atoms with Gasteiger partial charge in [-0.1, -0.05) is 52.6 Å². The molecular formula is C17H16Cl2N6O2S. The highest BCUT2D eigenvalue weighted by Crippen LogP contribution is 2.31. The van der Waals surface area contributed by atoms with Crippen LogP contribution >= 0.6 is 23.2 Å². The van der Waals surface area contributed by atoms with E-state index in [0.717, 1.165) is 5.69 Å². The normalized spacial score (nSPS) is 15.7. The number of para-hydroxylation sites is 1. The average Bonchev–Trinajstić information content (AvgIpc) is 3.20. The van der Waals surface area contributed by atoms with Crippen molar-refractivity contribution in [3.8, 4) is 5.69 Å². The van der Waals surface area contributed by atoms with Gasteiger partial charge >= 0.3 is 0 Å². The maximum absolute atomic E-state index is 13.0. The number of hydrogen-bond donors (Lipinski definition) is 0. The third kappa shape index (κ3) is 3.46. The molecule has 4 rings (SSSR count). The summed E-state index contributed by atoms with van der Waals surface area (Å²) in [6, 6.07) is 14.1. The monoisotopic (exact) mass is 438 g/mol. The molecule has 2 aromatic carbocycles. The van der Waals surface area contributed by atoms with Gasteiger partial charge in [-0.05, 0) is 34.7 Å². The second kappa shape index (κ2) is 7.67. The second-order valence-electron chi connectivity index (χ2n) is 6.17. The minimum Gasteiger partial charge on any atom is -0.337 e. The Hall–Kier alpha value is -2.20. The summed E-state index contributed by atoms with van der Waals surface area (Å²) in [6.45, 7) is 1.47. The molecular weight excluding hydrogens is 423 g/mol. The van der Waals surface area contributed by atoms with Gasteiger partial charge in [0.2, 0.25) is 16.0 Å². The van der Waals surface area contributed by atoms with E-state index in [2.05, 4.69) is 15.5 Å². The largest absolute Gasteiger partial charge is 0.337 e. The van der Waals surface area contributed by atoms with E-state index in [1.54, 1.807) is 16.8 Å². The molecule has 0 atom stereocenters. The van der Waals surface area contributed by atoms with Gasteiger partial charge < -0.3 is 4.90 Å². The van der Waals surface area contributed by atoms with Gasteiger partial charge in [0.05, 0.1) is 15.7 Å². The van der Waals surface area contributed by atoms with Crippen LogP contribution in [-0.4, -0.2) is 59.1 Å². The fraction of sp³-hybridized carbons (Fsp3) is 0.235. The number of hydrogen-bond acceptors (Lipinski definition) is 6. The maximum atomic E-state index is 13.0. The highest BCUT2D eigenvalue weighted by Gasteiger charge is 2.32. The minimum absolute atomic E-state index is 0.0178. The molecule has 146 valence electrons. The predicted molar refractivity (Wildman–Crippen MR) is 107 cm³/mol. The molecule has 0 N–H and O–H groups in total. The summed E-state index contributed by atoms with van der Waals surface area (Å²) in [7, 11) is -3.74. The van der Waals surface area contributed by atoms with Gasteiger partial charge in [-0.25, -0.2) is 8.42 Å². The van der Waals surface area contributed by atoms with Crippen molar-refractivity contribution in [2.24, 2.45) is 0 Å². The summed E-state index contributed by atoms with van der Waals surface area (Å²) in [5.41, 5.74) is 0.836. The number of aromatic nitrogens is 4. The standard InChI is InChI=1S/C17H16Cl2N6O2S/c18-14-7-4-8-15(16(14)19)28(26,27)24-11-9-23(10-12-24)17-20-21-22-25(17)13-5-2-1-3-6-13/h1-8H,9-12H2. The summed E-state index contributed by atoms with van der Waals surface area (Å²) in [4.78, 5) is 1.97. The summed E-state index contributed by atoms with van der Waals surface area (Å²) >= 11 is 12.1. The van der Waals surface area contributed by atoms with E-state index in [4.69, 9.17) is 23.2 Å². The van der Waals surface area contributed by atoms with Crippen LogP contribution in [0.5, 0.6) is 0 Å². The molecule has 0 radical (unpaired) electrons. The van der Waals surface area contributed by atoms with E-state index in [-0.39, 0.29) is 28.0 Å². The quantitative estimate of drug-likeness (QED) is 0.621. The molecule has 8 nitrogen and oxygen atoms in total. The number of tetrazole rings is 1. The Bertz CT molecular complexity index is 1080. The Kier molecular flexibility index (Phi) is 5.24. The number of anilines is 1. The van der Waals surface area contributed by atoms with Crippen LogP contribution in [0.15, 0.2) is 53.4 Å². The smallest absolute Gasteiger partial charge is 0.250 e. The molecule has 0 bridgehead atoms. The molecule has 28 heavy (non-hydrogen) atoms. The Morgan fingerprint density at radius 3 is 2.32 bits per heavy atom. The Morgan fingerprint density at radius 2 is 1.61 bits per heavy atom. The van der Waals surface area contributed by atoms with Crippen molar-refractivity contribution in [3.63, 3.8) is 0 Å². The SMILES string of the molecule is O=S(=O)(c1cccc(Cl)c1Cl)N1CCN(c2nnnn2-c2ccccc2)CC1. The van der Waals surface area contributed by atoms with Gasteiger partial charge in [-0.15, -0.1) is 0 Å². The molecule has 0 saturated carbocycles. The van der Waals surface area contributed by atoms with Crippen molar-refractivity contribution >= 4 is 39.2 Å². The van der Waals surface area contributed by atoms with Gasteiger partial charge in [0, 0.05) is 26.2 Å². The maximum Gasteiger partial charge on any atom is 0.250 e. The first-order chi connectivity index (χ1) is 13.5. The van der Waals surface area contributed by atoms with Gasteiger partial charge in [0.25, 0.3) is 0 Å². The summed E-state index contributed by atoms with van der Waals surface area (Å²) in [6.07, 6.45) is 0. The number of piperazine rings is 1. The highest BCUT2D eigenvalue weighted by atomic mass is 35.5. The molecule has 3 aromatic rings. The number of rotatable bonds is 4. The van der Waals surface area contributed by atoms with E-state index in [0.29, 0.717) is 19.0 Å². The Labute approximate surface area is 172 Å². The molecule has 0 amide bonds. The molecule has 0 unspecified atom stereocenters. The second-order valence-corrected chi connectivity index (χ2v) is 8.86. The van der Waals surface area contributed by atoms with Crippen LogP contribution in [0.4, 0.5) is 5.95 Å². The van der Waals surface area contributed by atoms with Crippen molar-refractivity contribution in [3.05, 3.63) is 58.6 Å². The van der Waals surface area contributed by atoms with Crippen molar-refractivity contribution in [1.82, 2.24) is 24.5 Å². The van der Waals surface area contributed by atoms with E-state index in [9.17, 15) is 8.42 Å². The molecule has 1 aromatic heterocycles.